The maximum absolute atomic E-state index is 14.7. The summed E-state index contributed by atoms with van der Waals surface area (Å²) in [5, 5.41) is 74.5. The number of hydrogen-bond donors (Lipinski definition) is 7. The summed E-state index contributed by atoms with van der Waals surface area (Å²) in [4.78, 5) is 28.1. The monoisotopic (exact) mass is 662 g/mol. The number of phenolic OH excluding ortho intramolecular Hbond substituents is 7. The average molecular weight is 663 g/mol. The summed E-state index contributed by atoms with van der Waals surface area (Å²) in [5.41, 5.74) is 2.63. The lowest BCUT2D eigenvalue weighted by molar-refractivity contribution is 0.0877. The van der Waals surface area contributed by atoms with E-state index in [1.54, 1.807) is 18.2 Å². The van der Waals surface area contributed by atoms with E-state index in [9.17, 15) is 45.3 Å². The lowest BCUT2D eigenvalue weighted by atomic mass is 9.65. The largest absolute Gasteiger partial charge is 0.508 e. The summed E-state index contributed by atoms with van der Waals surface area (Å²) in [6.07, 6.45) is 6.61. The molecule has 5 rings (SSSR count). The van der Waals surface area contributed by atoms with E-state index in [0.29, 0.717) is 12.0 Å². The van der Waals surface area contributed by atoms with Crippen LogP contribution in [0.25, 0.3) is 6.08 Å². The van der Waals surface area contributed by atoms with Gasteiger partial charge in [0.1, 0.15) is 40.2 Å². The third-order valence-electron chi connectivity index (χ3n) is 8.91. The van der Waals surface area contributed by atoms with Gasteiger partial charge in [-0.3, -0.25) is 9.59 Å². The topological polar surface area (TPSA) is 176 Å². The number of Topliss-reactive ketones (excluding diaryl/α,β-unsaturated/α-hetero) is 1. The zero-order valence-corrected chi connectivity index (χ0v) is 27.3. The van der Waals surface area contributed by atoms with E-state index >= 15 is 0 Å². The van der Waals surface area contributed by atoms with E-state index in [2.05, 4.69) is 0 Å². The van der Waals surface area contributed by atoms with Crippen molar-refractivity contribution in [2.75, 3.05) is 0 Å². The van der Waals surface area contributed by atoms with Gasteiger partial charge in [0.15, 0.2) is 11.6 Å². The number of hydrogen-bond acceptors (Lipinski definition) is 9. The van der Waals surface area contributed by atoms with Crippen molar-refractivity contribution >= 4 is 17.6 Å². The molecular formula is C40H38O9. The second kappa shape index (κ2) is 14.0. The third kappa shape index (κ3) is 7.16. The number of benzene rings is 4. The van der Waals surface area contributed by atoms with Crippen molar-refractivity contribution in [2.45, 2.75) is 45.4 Å². The van der Waals surface area contributed by atoms with Crippen molar-refractivity contribution < 1.29 is 45.3 Å². The molecule has 0 saturated heterocycles. The third-order valence-corrected chi connectivity index (χ3v) is 8.91. The molecule has 0 heterocycles. The van der Waals surface area contributed by atoms with Crippen LogP contribution >= 0.6 is 0 Å². The van der Waals surface area contributed by atoms with Gasteiger partial charge in [0.05, 0.1) is 11.1 Å². The van der Waals surface area contributed by atoms with Gasteiger partial charge in [-0.05, 0) is 106 Å². The molecule has 252 valence electrons. The van der Waals surface area contributed by atoms with Gasteiger partial charge in [-0.15, -0.1) is 0 Å². The standard InChI is InChI=1S/C40H38O9/c1-21(2)4-12-27-33(44)16-14-29(38(27)47)40(49)36-30(23-5-9-25(41)10-6-23)18-22(3)19-31(36)37-34(45)17-13-28(39(37)48)32(43)15-8-24-7-11-26(42)20-35(24)46/h4-11,13-17,19-20,30-31,36,41-42,44-48H,12,18H2,1-3H3/b15-8+/t30-,31+,36-/m1/s1. The molecule has 0 radical (unpaired) electrons. The Kier molecular flexibility index (Phi) is 9.84. The number of carbonyl (C=O) groups is 2. The maximum atomic E-state index is 14.7. The summed E-state index contributed by atoms with van der Waals surface area (Å²) in [6, 6.07) is 15.5. The van der Waals surface area contributed by atoms with E-state index in [-0.39, 0.29) is 68.7 Å². The average Bonchev–Trinajstić information content (AvgIpc) is 3.04. The Hall–Kier alpha value is -5.96. The first-order valence-corrected chi connectivity index (χ1v) is 15.7. The van der Waals surface area contributed by atoms with E-state index in [1.807, 2.05) is 26.8 Å². The molecule has 0 amide bonds. The van der Waals surface area contributed by atoms with Crippen molar-refractivity contribution in [3.63, 3.8) is 0 Å². The fourth-order valence-electron chi connectivity index (χ4n) is 6.42. The van der Waals surface area contributed by atoms with Crippen LogP contribution in [0.1, 0.15) is 82.0 Å². The molecule has 9 nitrogen and oxygen atoms in total. The Balaban J connectivity index is 1.65. The molecule has 49 heavy (non-hydrogen) atoms. The quantitative estimate of drug-likeness (QED) is 0.0537. The van der Waals surface area contributed by atoms with Crippen LogP contribution < -0.4 is 0 Å². The second-order valence-corrected chi connectivity index (χ2v) is 12.6. The Labute approximate surface area is 283 Å². The van der Waals surface area contributed by atoms with E-state index in [1.165, 1.54) is 54.6 Å². The molecule has 0 unspecified atom stereocenters. The second-order valence-electron chi connectivity index (χ2n) is 12.6. The predicted octanol–water partition coefficient (Wildman–Crippen LogP) is 7.75. The smallest absolute Gasteiger partial charge is 0.189 e. The first-order chi connectivity index (χ1) is 23.3. The molecule has 9 heteroatoms. The molecular weight excluding hydrogens is 624 g/mol. The summed E-state index contributed by atoms with van der Waals surface area (Å²) in [7, 11) is 0. The van der Waals surface area contributed by atoms with Crippen molar-refractivity contribution in [3.05, 3.63) is 129 Å². The van der Waals surface area contributed by atoms with Gasteiger partial charge in [-0.25, -0.2) is 0 Å². The fraction of sp³-hybridized carbons (Fsp3) is 0.200. The van der Waals surface area contributed by atoms with Crippen LogP contribution in [0.4, 0.5) is 0 Å². The SMILES string of the molecule is CC(C)=CCc1c(O)ccc(C(=O)[C@H]2[C@@H](c3c(O)ccc(C(=O)/C=C/c4ccc(O)cc4O)c3O)C=C(C)C[C@@H]2c2ccc(O)cc2)c1O. The van der Waals surface area contributed by atoms with Crippen LogP contribution in [0.3, 0.4) is 0 Å². The number of ketones is 2. The van der Waals surface area contributed by atoms with E-state index < -0.39 is 35.1 Å². The molecule has 0 spiro atoms. The highest BCUT2D eigenvalue weighted by Gasteiger charge is 2.43. The first kappa shape index (κ1) is 34.4. The van der Waals surface area contributed by atoms with Crippen molar-refractivity contribution in [1.29, 1.82) is 0 Å². The number of allylic oxidation sites excluding steroid dienone is 5. The summed E-state index contributed by atoms with van der Waals surface area (Å²) in [6.45, 7) is 5.60. The minimum atomic E-state index is -1.02. The van der Waals surface area contributed by atoms with E-state index in [4.69, 9.17) is 0 Å². The molecule has 4 aromatic rings. The van der Waals surface area contributed by atoms with E-state index in [0.717, 1.165) is 23.3 Å². The van der Waals surface area contributed by atoms with Gasteiger partial charge >= 0.3 is 0 Å². The zero-order chi connectivity index (χ0) is 35.6. The summed E-state index contributed by atoms with van der Waals surface area (Å²) in [5.74, 6) is -5.55. The van der Waals surface area contributed by atoms with Crippen LogP contribution in [-0.4, -0.2) is 47.3 Å². The number of carbonyl (C=O) groups excluding carboxylic acids is 2. The highest BCUT2D eigenvalue weighted by atomic mass is 16.3. The van der Waals surface area contributed by atoms with Crippen molar-refractivity contribution in [2.24, 2.45) is 5.92 Å². The van der Waals surface area contributed by atoms with Crippen LogP contribution in [0.2, 0.25) is 0 Å². The minimum Gasteiger partial charge on any atom is -0.508 e. The summed E-state index contributed by atoms with van der Waals surface area (Å²) < 4.78 is 0. The number of rotatable bonds is 9. The molecule has 1 aliphatic rings. The Morgan fingerprint density at radius 3 is 2.08 bits per heavy atom. The minimum absolute atomic E-state index is 0.0292. The molecule has 3 atom stereocenters. The molecule has 0 fully saturated rings. The molecule has 0 aliphatic heterocycles. The molecule has 7 N–H and O–H groups in total. The molecule has 1 aliphatic carbocycles. The molecule has 0 aromatic heterocycles. The number of phenols is 7. The van der Waals surface area contributed by atoms with Crippen LogP contribution in [0.15, 0.2) is 96.1 Å². The fourth-order valence-corrected chi connectivity index (χ4v) is 6.42. The normalized spacial score (nSPS) is 17.4. The number of aromatic hydroxyl groups is 7. The van der Waals surface area contributed by atoms with Crippen LogP contribution in [0.5, 0.6) is 40.2 Å². The molecule has 4 aromatic carbocycles. The van der Waals surface area contributed by atoms with Gasteiger partial charge in [-0.1, -0.05) is 35.4 Å². The highest BCUT2D eigenvalue weighted by molar-refractivity contribution is 6.09. The van der Waals surface area contributed by atoms with Crippen LogP contribution in [-0.2, 0) is 6.42 Å². The Morgan fingerprint density at radius 2 is 1.41 bits per heavy atom. The predicted molar refractivity (Wildman–Crippen MR) is 186 cm³/mol. The van der Waals surface area contributed by atoms with Gasteiger partial charge in [0.2, 0.25) is 0 Å². The Bertz CT molecular complexity index is 2010. The highest BCUT2D eigenvalue weighted by Crippen LogP contribution is 2.52. The van der Waals surface area contributed by atoms with Gasteiger partial charge in [0.25, 0.3) is 0 Å². The Morgan fingerprint density at radius 1 is 0.755 bits per heavy atom. The van der Waals surface area contributed by atoms with Crippen molar-refractivity contribution in [3.8, 4) is 40.2 Å². The lowest BCUT2D eigenvalue weighted by Gasteiger charge is -2.37. The zero-order valence-electron chi connectivity index (χ0n) is 27.3. The van der Waals surface area contributed by atoms with Gasteiger partial charge in [-0.2, -0.15) is 0 Å². The molecule has 0 bridgehead atoms. The lowest BCUT2D eigenvalue weighted by Crippen LogP contribution is -2.31. The van der Waals surface area contributed by atoms with Gasteiger partial charge < -0.3 is 35.7 Å². The van der Waals surface area contributed by atoms with Crippen LogP contribution in [0, 0.1) is 5.92 Å². The van der Waals surface area contributed by atoms with Gasteiger partial charge in [0, 0.05) is 34.6 Å². The first-order valence-electron chi connectivity index (χ1n) is 15.7. The summed E-state index contributed by atoms with van der Waals surface area (Å²) >= 11 is 0. The molecule has 0 saturated carbocycles. The van der Waals surface area contributed by atoms with Crippen molar-refractivity contribution in [1.82, 2.24) is 0 Å². The maximum Gasteiger partial charge on any atom is 0.189 e.